The molecule has 0 aromatic heterocycles. The fourth-order valence-electron chi connectivity index (χ4n) is 1.65. The van der Waals surface area contributed by atoms with E-state index in [4.69, 9.17) is 11.6 Å². The minimum Gasteiger partial charge on any atom is -0.298 e. The molecule has 1 aromatic carbocycles. The predicted octanol–water partition coefficient (Wildman–Crippen LogP) is 3.95. The van der Waals surface area contributed by atoms with E-state index in [1.165, 1.54) is 0 Å². The fraction of sp³-hybridized carbons (Fsp3) is 0.533. The maximum Gasteiger partial charge on any atom is 0.152 e. The Morgan fingerprint density at radius 2 is 1.89 bits per heavy atom. The van der Waals surface area contributed by atoms with E-state index in [0.717, 1.165) is 10.6 Å². The summed E-state index contributed by atoms with van der Waals surface area (Å²) in [7, 11) is 1.96. The zero-order chi connectivity index (χ0) is 13.9. The molecule has 1 rings (SSSR count). The Kier molecular flexibility index (Phi) is 4.94. The molecule has 0 N–H and O–H groups in total. The average molecular weight is 268 g/mol. The van der Waals surface area contributed by atoms with Crippen molar-refractivity contribution in [2.75, 3.05) is 13.6 Å². The van der Waals surface area contributed by atoms with Crippen LogP contribution in [0.1, 0.15) is 39.3 Å². The van der Waals surface area contributed by atoms with Crippen molar-refractivity contribution in [1.82, 2.24) is 4.90 Å². The van der Waals surface area contributed by atoms with E-state index in [1.807, 2.05) is 57.0 Å². The van der Waals surface area contributed by atoms with Crippen LogP contribution in [0.4, 0.5) is 0 Å². The van der Waals surface area contributed by atoms with Crippen molar-refractivity contribution in [1.29, 1.82) is 0 Å². The Hall–Kier alpha value is -0.860. The van der Waals surface area contributed by atoms with E-state index in [9.17, 15) is 4.79 Å². The molecule has 0 saturated heterocycles. The summed E-state index contributed by atoms with van der Waals surface area (Å²) < 4.78 is 0. The van der Waals surface area contributed by atoms with Gasteiger partial charge in [-0.25, -0.2) is 0 Å². The highest BCUT2D eigenvalue weighted by molar-refractivity contribution is 6.31. The molecule has 0 amide bonds. The summed E-state index contributed by atoms with van der Waals surface area (Å²) in [6, 6.07) is 7.90. The van der Waals surface area contributed by atoms with E-state index in [2.05, 4.69) is 6.92 Å². The van der Waals surface area contributed by atoms with Gasteiger partial charge in [0.05, 0.1) is 6.54 Å². The van der Waals surface area contributed by atoms with E-state index in [-0.39, 0.29) is 17.2 Å². The van der Waals surface area contributed by atoms with Gasteiger partial charge in [-0.1, -0.05) is 50.6 Å². The lowest BCUT2D eigenvalue weighted by Gasteiger charge is -2.28. The van der Waals surface area contributed by atoms with Crippen LogP contribution in [0.5, 0.6) is 0 Å². The largest absolute Gasteiger partial charge is 0.298 e. The third-order valence-electron chi connectivity index (χ3n) is 3.25. The topological polar surface area (TPSA) is 20.3 Å². The van der Waals surface area contributed by atoms with Gasteiger partial charge in [0.25, 0.3) is 0 Å². The van der Waals surface area contributed by atoms with Gasteiger partial charge in [0.2, 0.25) is 0 Å². The third kappa shape index (κ3) is 3.82. The van der Waals surface area contributed by atoms with Gasteiger partial charge in [-0.2, -0.15) is 0 Å². The van der Waals surface area contributed by atoms with Crippen molar-refractivity contribution in [2.45, 2.75) is 33.7 Å². The first-order valence-corrected chi connectivity index (χ1v) is 6.59. The number of carbonyl (C=O) groups excluding carboxylic acids is 1. The Morgan fingerprint density at radius 1 is 1.33 bits per heavy atom. The summed E-state index contributed by atoms with van der Waals surface area (Å²) in [4.78, 5) is 14.1. The molecule has 0 aliphatic carbocycles. The summed E-state index contributed by atoms with van der Waals surface area (Å²) in [6.07, 6.45) is 0. The van der Waals surface area contributed by atoms with Gasteiger partial charge in [0.15, 0.2) is 5.78 Å². The summed E-state index contributed by atoms with van der Waals surface area (Å²) in [5.74, 6) is 0.240. The first kappa shape index (κ1) is 15.2. The molecule has 2 nitrogen and oxygen atoms in total. The molecular formula is C15H22ClNO. The lowest BCUT2D eigenvalue weighted by Crippen LogP contribution is -2.35. The molecule has 1 aromatic rings. The van der Waals surface area contributed by atoms with Crippen molar-refractivity contribution in [2.24, 2.45) is 5.41 Å². The molecule has 0 aliphatic rings. The first-order chi connectivity index (χ1) is 8.23. The van der Waals surface area contributed by atoms with Crippen LogP contribution in [0.15, 0.2) is 24.3 Å². The smallest absolute Gasteiger partial charge is 0.152 e. The van der Waals surface area contributed by atoms with Crippen LogP contribution in [0.3, 0.4) is 0 Å². The number of benzene rings is 1. The zero-order valence-corrected chi connectivity index (χ0v) is 12.6. The zero-order valence-electron chi connectivity index (χ0n) is 11.8. The highest BCUT2D eigenvalue weighted by Crippen LogP contribution is 2.27. The van der Waals surface area contributed by atoms with Gasteiger partial charge in [0, 0.05) is 16.5 Å². The molecule has 1 atom stereocenters. The van der Waals surface area contributed by atoms with Gasteiger partial charge in [-0.05, 0) is 25.6 Å². The summed E-state index contributed by atoms with van der Waals surface area (Å²) in [6.45, 7) is 8.35. The second-order valence-corrected chi connectivity index (χ2v) is 6.19. The van der Waals surface area contributed by atoms with Gasteiger partial charge in [-0.3, -0.25) is 9.69 Å². The Morgan fingerprint density at radius 3 is 2.39 bits per heavy atom. The molecule has 1 unspecified atom stereocenters. The number of rotatable bonds is 4. The molecule has 0 bridgehead atoms. The van der Waals surface area contributed by atoms with Crippen LogP contribution in [0, 0.1) is 5.41 Å². The molecule has 3 heteroatoms. The molecular weight excluding hydrogens is 246 g/mol. The molecule has 0 radical (unpaired) electrons. The molecule has 0 aliphatic heterocycles. The first-order valence-electron chi connectivity index (χ1n) is 6.21. The highest BCUT2D eigenvalue weighted by atomic mass is 35.5. The Labute approximate surface area is 115 Å². The number of nitrogens with zero attached hydrogens (tertiary/aromatic N) is 1. The van der Waals surface area contributed by atoms with Crippen molar-refractivity contribution in [3.63, 3.8) is 0 Å². The molecule has 100 valence electrons. The third-order valence-corrected chi connectivity index (χ3v) is 3.59. The number of hydrogen-bond donors (Lipinski definition) is 0. The van der Waals surface area contributed by atoms with Gasteiger partial charge in [0.1, 0.15) is 0 Å². The maximum absolute atomic E-state index is 12.0. The van der Waals surface area contributed by atoms with Crippen LogP contribution < -0.4 is 0 Å². The van der Waals surface area contributed by atoms with E-state index in [1.54, 1.807) is 0 Å². The normalized spacial score (nSPS) is 13.7. The van der Waals surface area contributed by atoms with Crippen LogP contribution >= 0.6 is 11.6 Å². The molecule has 18 heavy (non-hydrogen) atoms. The van der Waals surface area contributed by atoms with Crippen molar-refractivity contribution < 1.29 is 4.79 Å². The predicted molar refractivity (Wildman–Crippen MR) is 77.0 cm³/mol. The van der Waals surface area contributed by atoms with E-state index < -0.39 is 0 Å². The maximum atomic E-state index is 12.0. The highest BCUT2D eigenvalue weighted by Gasteiger charge is 2.24. The van der Waals surface area contributed by atoms with Crippen molar-refractivity contribution in [3.8, 4) is 0 Å². The summed E-state index contributed by atoms with van der Waals surface area (Å²) >= 11 is 6.18. The quantitative estimate of drug-likeness (QED) is 0.823. The SMILES string of the molecule is CC(c1ccccc1Cl)N(C)CC(=O)C(C)(C)C. The fourth-order valence-corrected chi connectivity index (χ4v) is 1.95. The monoisotopic (exact) mass is 267 g/mol. The van der Waals surface area contributed by atoms with Crippen LogP contribution in [-0.2, 0) is 4.79 Å². The molecule has 0 fully saturated rings. The number of ketones is 1. The van der Waals surface area contributed by atoms with E-state index >= 15 is 0 Å². The van der Waals surface area contributed by atoms with Crippen molar-refractivity contribution >= 4 is 17.4 Å². The lowest BCUT2D eigenvalue weighted by atomic mass is 9.90. The molecule has 0 spiro atoms. The standard InChI is InChI=1S/C15H22ClNO/c1-11(12-8-6-7-9-13(12)16)17(5)10-14(18)15(2,3)4/h6-9,11H,10H2,1-5H3. The number of carbonyl (C=O) groups is 1. The Balaban J connectivity index is 2.77. The second kappa shape index (κ2) is 5.85. The number of Topliss-reactive ketones (excluding diaryl/α,β-unsaturated/α-hetero) is 1. The minimum atomic E-state index is -0.297. The van der Waals surface area contributed by atoms with Crippen molar-refractivity contribution in [3.05, 3.63) is 34.9 Å². The van der Waals surface area contributed by atoms with Crippen LogP contribution in [0.2, 0.25) is 5.02 Å². The Bertz CT molecular complexity index is 423. The lowest BCUT2D eigenvalue weighted by molar-refractivity contribution is -0.127. The van der Waals surface area contributed by atoms with Crippen LogP contribution in [0.25, 0.3) is 0 Å². The molecule has 0 saturated carbocycles. The second-order valence-electron chi connectivity index (χ2n) is 5.79. The number of hydrogen-bond acceptors (Lipinski definition) is 2. The van der Waals surface area contributed by atoms with Gasteiger partial charge < -0.3 is 0 Å². The van der Waals surface area contributed by atoms with Gasteiger partial charge >= 0.3 is 0 Å². The number of halogens is 1. The van der Waals surface area contributed by atoms with E-state index in [0.29, 0.717) is 6.54 Å². The number of likely N-dealkylation sites (N-methyl/N-ethyl adjacent to an activating group) is 1. The van der Waals surface area contributed by atoms with Crippen LogP contribution in [-0.4, -0.2) is 24.3 Å². The molecule has 0 heterocycles. The summed E-state index contributed by atoms with van der Waals surface area (Å²) in [5.41, 5.74) is 0.762. The minimum absolute atomic E-state index is 0.130. The van der Waals surface area contributed by atoms with Gasteiger partial charge in [-0.15, -0.1) is 0 Å². The average Bonchev–Trinajstić information content (AvgIpc) is 2.27. The summed E-state index contributed by atoms with van der Waals surface area (Å²) in [5, 5.41) is 0.750.